The van der Waals surface area contributed by atoms with Crippen LogP contribution in [0, 0.1) is 5.92 Å². The van der Waals surface area contributed by atoms with E-state index in [1.807, 2.05) is 12.1 Å². The minimum Gasteiger partial charge on any atom is -0.486 e. The van der Waals surface area contributed by atoms with Gasteiger partial charge in [0.15, 0.2) is 11.5 Å². The number of hydrogen-bond acceptors (Lipinski definition) is 4. The zero-order chi connectivity index (χ0) is 14.2. The van der Waals surface area contributed by atoms with Gasteiger partial charge < -0.3 is 20.1 Å². The second-order valence-electron chi connectivity index (χ2n) is 6.05. The Balaban J connectivity index is 0.00000144. The van der Waals surface area contributed by atoms with Gasteiger partial charge in [0, 0.05) is 18.5 Å². The third kappa shape index (κ3) is 3.01. The van der Waals surface area contributed by atoms with Gasteiger partial charge in [0.1, 0.15) is 13.2 Å². The topological polar surface area (TPSA) is 59.6 Å². The zero-order valence-electron chi connectivity index (χ0n) is 12.3. The van der Waals surface area contributed by atoms with Gasteiger partial charge in [-0.2, -0.15) is 0 Å². The molecule has 3 aliphatic rings. The summed E-state index contributed by atoms with van der Waals surface area (Å²) >= 11 is 0. The first-order valence-electron chi connectivity index (χ1n) is 7.72. The molecule has 1 aromatic carbocycles. The van der Waals surface area contributed by atoms with Crippen LogP contribution in [0.15, 0.2) is 18.2 Å². The van der Waals surface area contributed by atoms with E-state index in [4.69, 9.17) is 9.47 Å². The Labute approximate surface area is 136 Å². The molecule has 0 bridgehead atoms. The number of fused-ring (bicyclic) bond motifs is 1. The molecule has 3 atom stereocenters. The Kier molecular flexibility index (Phi) is 4.45. The van der Waals surface area contributed by atoms with E-state index in [1.165, 1.54) is 5.56 Å². The lowest BCUT2D eigenvalue weighted by atomic mass is 10.1. The van der Waals surface area contributed by atoms with Crippen LogP contribution in [0.1, 0.15) is 24.3 Å². The molecule has 6 heteroatoms. The van der Waals surface area contributed by atoms with Crippen molar-refractivity contribution in [3.05, 3.63) is 23.8 Å². The molecule has 2 fully saturated rings. The number of amides is 1. The van der Waals surface area contributed by atoms with Crippen LogP contribution in [0.4, 0.5) is 0 Å². The fourth-order valence-electron chi connectivity index (χ4n) is 3.23. The lowest BCUT2D eigenvalue weighted by Crippen LogP contribution is -2.37. The van der Waals surface area contributed by atoms with Crippen LogP contribution in [0.3, 0.4) is 0 Å². The molecule has 0 radical (unpaired) electrons. The van der Waals surface area contributed by atoms with Gasteiger partial charge >= 0.3 is 0 Å². The quantitative estimate of drug-likeness (QED) is 0.884. The van der Waals surface area contributed by atoms with Gasteiger partial charge in [-0.1, -0.05) is 6.07 Å². The van der Waals surface area contributed by atoms with Crippen LogP contribution >= 0.6 is 12.4 Å². The second-order valence-corrected chi connectivity index (χ2v) is 6.05. The predicted molar refractivity (Wildman–Crippen MR) is 84.9 cm³/mol. The molecule has 1 saturated heterocycles. The van der Waals surface area contributed by atoms with Gasteiger partial charge in [0.05, 0.1) is 0 Å². The van der Waals surface area contributed by atoms with Crippen molar-refractivity contribution in [1.29, 1.82) is 0 Å². The summed E-state index contributed by atoms with van der Waals surface area (Å²) in [4.78, 5) is 12.2. The lowest BCUT2D eigenvalue weighted by Gasteiger charge is -2.19. The third-order valence-electron chi connectivity index (χ3n) is 4.53. The van der Waals surface area contributed by atoms with Crippen molar-refractivity contribution in [2.75, 3.05) is 26.3 Å². The summed E-state index contributed by atoms with van der Waals surface area (Å²) in [6.45, 7) is 3.10. The maximum atomic E-state index is 12.2. The molecule has 4 rings (SSSR count). The van der Waals surface area contributed by atoms with Crippen molar-refractivity contribution in [1.82, 2.24) is 10.6 Å². The van der Waals surface area contributed by atoms with Gasteiger partial charge in [-0.15, -0.1) is 12.4 Å². The number of nitrogens with one attached hydrogen (secondary N) is 2. The molecule has 0 aromatic heterocycles. The first-order valence-corrected chi connectivity index (χ1v) is 7.72. The minimum absolute atomic E-state index is 0. The Morgan fingerprint density at radius 3 is 2.82 bits per heavy atom. The fraction of sp³-hybridized carbons (Fsp3) is 0.562. The SMILES string of the molecule is Cl.O=C(NC1CCNC1)C1CC1c1ccc2c(c1)OCCO2. The summed E-state index contributed by atoms with van der Waals surface area (Å²) < 4.78 is 11.1. The molecule has 5 nitrogen and oxygen atoms in total. The number of carbonyl (C=O) groups excluding carboxylic acids is 1. The molecular formula is C16H21ClN2O3. The van der Waals surface area contributed by atoms with Crippen molar-refractivity contribution in [3.8, 4) is 11.5 Å². The molecule has 1 aliphatic carbocycles. The monoisotopic (exact) mass is 324 g/mol. The molecule has 3 unspecified atom stereocenters. The van der Waals surface area contributed by atoms with Crippen molar-refractivity contribution in [3.63, 3.8) is 0 Å². The Hall–Kier alpha value is -1.46. The average molecular weight is 325 g/mol. The summed E-state index contributed by atoms with van der Waals surface area (Å²) in [5, 5.41) is 6.41. The first kappa shape index (κ1) is 15.4. The number of benzene rings is 1. The molecule has 0 spiro atoms. The van der Waals surface area contributed by atoms with Crippen LogP contribution in [0.25, 0.3) is 0 Å². The largest absolute Gasteiger partial charge is 0.486 e. The van der Waals surface area contributed by atoms with Crippen LogP contribution in [0.2, 0.25) is 0 Å². The maximum Gasteiger partial charge on any atom is 0.224 e. The van der Waals surface area contributed by atoms with Crippen molar-refractivity contribution in [2.45, 2.75) is 24.8 Å². The number of ether oxygens (including phenoxy) is 2. The van der Waals surface area contributed by atoms with Crippen molar-refractivity contribution >= 4 is 18.3 Å². The molecule has 120 valence electrons. The highest BCUT2D eigenvalue weighted by atomic mass is 35.5. The highest BCUT2D eigenvalue weighted by Crippen LogP contribution is 2.49. The smallest absolute Gasteiger partial charge is 0.224 e. The van der Waals surface area contributed by atoms with Gasteiger partial charge in [-0.25, -0.2) is 0 Å². The molecule has 2 heterocycles. The van der Waals surface area contributed by atoms with Gasteiger partial charge in [0.25, 0.3) is 0 Å². The average Bonchev–Trinajstić information content (AvgIpc) is 3.17. The van der Waals surface area contributed by atoms with Gasteiger partial charge in [0.2, 0.25) is 5.91 Å². The standard InChI is InChI=1S/C16H20N2O3.ClH/c19-16(18-11-3-4-17-9-11)13-8-12(13)10-1-2-14-15(7-10)21-6-5-20-14;/h1-2,7,11-13,17H,3-6,8-9H2,(H,18,19);1H. The van der Waals surface area contributed by atoms with E-state index >= 15 is 0 Å². The maximum absolute atomic E-state index is 12.2. The van der Waals surface area contributed by atoms with Gasteiger partial charge in [-0.3, -0.25) is 4.79 Å². The van der Waals surface area contributed by atoms with Crippen LogP contribution in [0.5, 0.6) is 11.5 Å². The number of halogens is 1. The highest BCUT2D eigenvalue weighted by Gasteiger charge is 2.44. The van der Waals surface area contributed by atoms with Crippen molar-refractivity contribution in [2.24, 2.45) is 5.92 Å². The van der Waals surface area contributed by atoms with E-state index < -0.39 is 0 Å². The molecule has 1 saturated carbocycles. The Bertz CT molecular complexity index is 560. The number of hydrogen-bond donors (Lipinski definition) is 2. The summed E-state index contributed by atoms with van der Waals surface area (Å²) in [5.74, 6) is 2.26. The number of rotatable bonds is 3. The molecule has 2 aliphatic heterocycles. The second kappa shape index (κ2) is 6.34. The molecule has 1 aromatic rings. The fourth-order valence-corrected chi connectivity index (χ4v) is 3.23. The van der Waals surface area contributed by atoms with Crippen molar-refractivity contribution < 1.29 is 14.3 Å². The summed E-state index contributed by atoms with van der Waals surface area (Å²) in [7, 11) is 0. The van der Waals surface area contributed by atoms with E-state index in [0.717, 1.165) is 37.4 Å². The summed E-state index contributed by atoms with van der Waals surface area (Å²) in [5.41, 5.74) is 1.18. The summed E-state index contributed by atoms with van der Waals surface area (Å²) in [6.07, 6.45) is 1.97. The number of carbonyl (C=O) groups is 1. The van der Waals surface area contributed by atoms with E-state index in [9.17, 15) is 4.79 Å². The van der Waals surface area contributed by atoms with E-state index in [-0.39, 0.29) is 24.2 Å². The van der Waals surface area contributed by atoms with E-state index in [2.05, 4.69) is 16.7 Å². The lowest BCUT2D eigenvalue weighted by molar-refractivity contribution is -0.123. The zero-order valence-corrected chi connectivity index (χ0v) is 13.2. The van der Waals surface area contributed by atoms with Gasteiger partial charge in [-0.05, 0) is 43.0 Å². The highest BCUT2D eigenvalue weighted by molar-refractivity contribution is 5.85. The molecule has 1 amide bonds. The third-order valence-corrected chi connectivity index (χ3v) is 4.53. The van der Waals surface area contributed by atoms with E-state index in [1.54, 1.807) is 0 Å². The molecular weight excluding hydrogens is 304 g/mol. The predicted octanol–water partition coefficient (Wildman–Crippen LogP) is 1.46. The van der Waals surface area contributed by atoms with Crippen LogP contribution in [-0.2, 0) is 4.79 Å². The molecule has 22 heavy (non-hydrogen) atoms. The van der Waals surface area contributed by atoms with Crippen LogP contribution in [-0.4, -0.2) is 38.3 Å². The Morgan fingerprint density at radius 2 is 2.05 bits per heavy atom. The molecule has 2 N–H and O–H groups in total. The Morgan fingerprint density at radius 1 is 1.23 bits per heavy atom. The van der Waals surface area contributed by atoms with E-state index in [0.29, 0.717) is 25.2 Å². The first-order chi connectivity index (χ1) is 10.3. The summed E-state index contributed by atoms with van der Waals surface area (Å²) in [6, 6.07) is 6.35. The van der Waals surface area contributed by atoms with Crippen LogP contribution < -0.4 is 20.1 Å². The minimum atomic E-state index is 0. The normalized spacial score (nSPS) is 28.6.